The predicted molar refractivity (Wildman–Crippen MR) is 145 cm³/mol. The molecule has 194 valence electrons. The largest absolute Gasteiger partial charge is 0.455 e. The van der Waals surface area contributed by atoms with Crippen LogP contribution < -0.4 is 0 Å². The monoisotopic (exact) mass is 490 g/mol. The van der Waals surface area contributed by atoms with Crippen molar-refractivity contribution < 1.29 is 19.1 Å². The topological polar surface area (TPSA) is 58.9 Å². The summed E-state index contributed by atoms with van der Waals surface area (Å²) in [5.41, 5.74) is 0. The van der Waals surface area contributed by atoms with Gasteiger partial charge >= 0.3 is 0 Å². The fourth-order valence-corrected chi connectivity index (χ4v) is 13.4. The van der Waals surface area contributed by atoms with Crippen molar-refractivity contribution in [2.45, 2.75) is 148 Å². The molecule has 0 amide bonds. The highest BCUT2D eigenvalue weighted by Crippen LogP contribution is 2.25. The highest BCUT2D eigenvalue weighted by molar-refractivity contribution is 6.84. The molecule has 0 spiro atoms. The third-order valence-electron chi connectivity index (χ3n) is 6.27. The van der Waals surface area contributed by atoms with Crippen LogP contribution in [0.15, 0.2) is 0 Å². The van der Waals surface area contributed by atoms with Gasteiger partial charge in [-0.15, -0.1) is 0 Å². The molecule has 4 nitrogen and oxygen atoms in total. The highest BCUT2D eigenvalue weighted by Gasteiger charge is 2.32. The third kappa shape index (κ3) is 22.1. The lowest BCUT2D eigenvalue weighted by Gasteiger charge is -2.34. The normalized spacial score (nSPS) is 13.6. The number of aliphatic hydroxyl groups is 2. The van der Waals surface area contributed by atoms with Crippen molar-refractivity contribution in [1.82, 2.24) is 0 Å². The zero-order valence-electron chi connectivity index (χ0n) is 22.4. The summed E-state index contributed by atoms with van der Waals surface area (Å²) >= 11 is 0. The van der Waals surface area contributed by atoms with Crippen molar-refractivity contribution in [3.8, 4) is 0 Å². The first-order chi connectivity index (χ1) is 15.2. The SMILES string of the molecule is CCCCCCCCCCCCCCCC[Si](C)(C)O[Si](C)(C)CCCOCC(O)CO. The molecular weight excluding hydrogens is 432 g/mol. The lowest BCUT2D eigenvalue weighted by atomic mass is 10.0. The molecule has 0 saturated heterocycles. The van der Waals surface area contributed by atoms with Crippen LogP contribution in [0.4, 0.5) is 0 Å². The predicted octanol–water partition coefficient (Wildman–Crippen LogP) is 7.65. The summed E-state index contributed by atoms with van der Waals surface area (Å²) in [5, 5.41) is 18.1. The van der Waals surface area contributed by atoms with Crippen molar-refractivity contribution in [2.24, 2.45) is 0 Å². The summed E-state index contributed by atoms with van der Waals surface area (Å²) in [6, 6.07) is 2.37. The molecule has 1 atom stereocenters. The Morgan fingerprint density at radius 2 is 1.03 bits per heavy atom. The second-order valence-electron chi connectivity index (χ2n) is 11.0. The van der Waals surface area contributed by atoms with Crippen LogP contribution in [0.25, 0.3) is 0 Å². The van der Waals surface area contributed by atoms with E-state index in [0.29, 0.717) is 6.61 Å². The van der Waals surface area contributed by atoms with E-state index < -0.39 is 22.7 Å². The van der Waals surface area contributed by atoms with Gasteiger partial charge in [-0.1, -0.05) is 96.8 Å². The maximum absolute atomic E-state index is 9.31. The van der Waals surface area contributed by atoms with Crippen molar-refractivity contribution in [3.63, 3.8) is 0 Å². The summed E-state index contributed by atoms with van der Waals surface area (Å²) in [4.78, 5) is 0. The van der Waals surface area contributed by atoms with Crippen LogP contribution in [0.2, 0.25) is 38.3 Å². The average molecular weight is 491 g/mol. The molecule has 0 fully saturated rings. The van der Waals surface area contributed by atoms with Crippen LogP contribution in [-0.2, 0) is 8.85 Å². The molecule has 32 heavy (non-hydrogen) atoms. The van der Waals surface area contributed by atoms with Crippen LogP contribution >= 0.6 is 0 Å². The molecule has 0 rings (SSSR count). The smallest absolute Gasteiger partial charge is 0.173 e. The van der Waals surface area contributed by atoms with Crippen LogP contribution in [0.5, 0.6) is 0 Å². The first-order valence-electron chi connectivity index (χ1n) is 13.8. The van der Waals surface area contributed by atoms with E-state index in [1.165, 1.54) is 95.9 Å². The van der Waals surface area contributed by atoms with Crippen LogP contribution in [-0.4, -0.2) is 52.8 Å². The summed E-state index contributed by atoms with van der Waals surface area (Å²) < 4.78 is 12.2. The molecule has 1 unspecified atom stereocenters. The number of hydrogen-bond acceptors (Lipinski definition) is 4. The standard InChI is InChI=1S/C26H58O4Si2/c1-6-7-8-9-10-11-12-13-14-15-16-17-18-19-22-31(2,3)30-32(4,5)23-20-21-29-25-26(28)24-27/h26-28H,6-25H2,1-5H3. The molecule has 0 heterocycles. The van der Waals surface area contributed by atoms with E-state index in [2.05, 4.69) is 33.1 Å². The van der Waals surface area contributed by atoms with E-state index in [9.17, 15) is 5.11 Å². The second kappa shape index (κ2) is 20.6. The maximum atomic E-state index is 9.31. The lowest BCUT2D eigenvalue weighted by Crippen LogP contribution is -2.44. The van der Waals surface area contributed by atoms with Gasteiger partial charge in [0, 0.05) is 6.61 Å². The Hall–Kier alpha value is 0.274. The fraction of sp³-hybridized carbons (Fsp3) is 1.00. The van der Waals surface area contributed by atoms with E-state index >= 15 is 0 Å². The van der Waals surface area contributed by atoms with E-state index in [4.69, 9.17) is 14.0 Å². The Labute approximate surface area is 203 Å². The van der Waals surface area contributed by atoms with Gasteiger partial charge in [-0.3, -0.25) is 0 Å². The van der Waals surface area contributed by atoms with Crippen LogP contribution in [0, 0.1) is 0 Å². The van der Waals surface area contributed by atoms with Crippen molar-refractivity contribution in [3.05, 3.63) is 0 Å². The summed E-state index contributed by atoms with van der Waals surface area (Å²) in [7, 11) is -3.25. The number of ether oxygens (including phenoxy) is 1. The van der Waals surface area contributed by atoms with Gasteiger partial charge in [0.15, 0.2) is 16.6 Å². The maximum Gasteiger partial charge on any atom is 0.173 e. The molecule has 0 aromatic rings. The molecule has 0 saturated carbocycles. The highest BCUT2D eigenvalue weighted by atomic mass is 28.4. The first kappa shape index (κ1) is 32.3. The van der Waals surface area contributed by atoms with Crippen molar-refractivity contribution >= 4 is 16.6 Å². The molecule has 2 N–H and O–H groups in total. The Morgan fingerprint density at radius 3 is 1.47 bits per heavy atom. The molecule has 0 radical (unpaired) electrons. The first-order valence-corrected chi connectivity index (χ1v) is 20.0. The molecular formula is C26H58O4Si2. The zero-order valence-corrected chi connectivity index (χ0v) is 24.4. The van der Waals surface area contributed by atoms with E-state index in [-0.39, 0.29) is 13.2 Å². The van der Waals surface area contributed by atoms with Gasteiger partial charge in [-0.05, 0) is 44.7 Å². The number of aliphatic hydroxyl groups excluding tert-OH is 2. The van der Waals surface area contributed by atoms with Crippen LogP contribution in [0.1, 0.15) is 103 Å². The minimum atomic E-state index is -1.66. The Balaban J connectivity index is 3.62. The van der Waals surface area contributed by atoms with E-state index in [1.54, 1.807) is 0 Å². The fourth-order valence-electron chi connectivity index (χ4n) is 4.47. The van der Waals surface area contributed by atoms with Gasteiger partial charge in [0.05, 0.1) is 13.2 Å². The summed E-state index contributed by atoms with van der Waals surface area (Å²) in [6.45, 7) is 12.3. The van der Waals surface area contributed by atoms with E-state index in [1.807, 2.05) is 0 Å². The number of hydrogen-bond donors (Lipinski definition) is 2. The van der Waals surface area contributed by atoms with Gasteiger partial charge in [0.25, 0.3) is 0 Å². The third-order valence-corrected chi connectivity index (χ3v) is 13.8. The number of unbranched alkanes of at least 4 members (excludes halogenated alkanes) is 13. The van der Waals surface area contributed by atoms with Gasteiger partial charge in [-0.2, -0.15) is 0 Å². The molecule has 0 bridgehead atoms. The van der Waals surface area contributed by atoms with Crippen LogP contribution in [0.3, 0.4) is 0 Å². The minimum Gasteiger partial charge on any atom is -0.455 e. The Morgan fingerprint density at radius 1 is 0.625 bits per heavy atom. The molecule has 0 aliphatic heterocycles. The molecule has 0 aromatic heterocycles. The quantitative estimate of drug-likeness (QED) is 0.108. The Bertz CT molecular complexity index is 405. The minimum absolute atomic E-state index is 0.221. The second-order valence-corrected chi connectivity index (χ2v) is 19.8. The molecule has 6 heteroatoms. The van der Waals surface area contributed by atoms with Crippen molar-refractivity contribution in [2.75, 3.05) is 19.8 Å². The zero-order chi connectivity index (χ0) is 24.1. The summed E-state index contributed by atoms with van der Waals surface area (Å²) in [5.74, 6) is 0. The van der Waals surface area contributed by atoms with Gasteiger partial charge in [-0.25, -0.2) is 0 Å². The molecule has 0 aliphatic rings. The lowest BCUT2D eigenvalue weighted by molar-refractivity contribution is 0.00639. The van der Waals surface area contributed by atoms with E-state index in [0.717, 1.165) is 12.5 Å². The summed E-state index contributed by atoms with van der Waals surface area (Å²) in [6.07, 6.45) is 20.0. The average Bonchev–Trinajstić information content (AvgIpc) is 2.72. The Kier molecular flexibility index (Phi) is 20.8. The van der Waals surface area contributed by atoms with Crippen molar-refractivity contribution in [1.29, 1.82) is 0 Å². The molecule has 0 aliphatic carbocycles. The molecule has 0 aromatic carbocycles. The van der Waals surface area contributed by atoms with Gasteiger partial charge < -0.3 is 19.1 Å². The van der Waals surface area contributed by atoms with Gasteiger partial charge in [0.2, 0.25) is 0 Å². The number of rotatable bonds is 24. The van der Waals surface area contributed by atoms with Gasteiger partial charge in [0.1, 0.15) is 6.10 Å².